The number of hydrogen-bond acceptors (Lipinski definition) is 2. The van der Waals surface area contributed by atoms with Gasteiger partial charge in [0.25, 0.3) is 0 Å². The van der Waals surface area contributed by atoms with E-state index in [1.54, 1.807) is 16.7 Å². The molecule has 0 saturated heterocycles. The Hall–Kier alpha value is -6.64. The van der Waals surface area contributed by atoms with E-state index >= 15 is 0 Å². The molecule has 2 nitrogen and oxygen atoms in total. The van der Waals surface area contributed by atoms with Crippen molar-refractivity contribution in [3.63, 3.8) is 0 Å². The van der Waals surface area contributed by atoms with Crippen LogP contribution in [0.4, 0.5) is 0 Å². The second-order valence-corrected chi connectivity index (χ2v) is 19.2. The number of allylic oxidation sites excluding steroid dienone is 4. The summed E-state index contributed by atoms with van der Waals surface area (Å²) in [5.41, 5.74) is 23.2. The second kappa shape index (κ2) is 15.0. The van der Waals surface area contributed by atoms with Gasteiger partial charge in [-0.1, -0.05) is 209 Å². The lowest BCUT2D eigenvalue weighted by Gasteiger charge is -2.39. The van der Waals surface area contributed by atoms with Crippen molar-refractivity contribution in [2.45, 2.75) is 81.2 Å². The Labute approximate surface area is 373 Å². The minimum Gasteiger partial charge on any atom is -0.374 e. The van der Waals surface area contributed by atoms with Crippen LogP contribution in [0.1, 0.15) is 120 Å². The van der Waals surface area contributed by atoms with E-state index < -0.39 is 0 Å². The Morgan fingerprint density at radius 1 is 0.444 bits per heavy atom. The van der Waals surface area contributed by atoms with Gasteiger partial charge in [-0.2, -0.15) is 0 Å². The highest BCUT2D eigenvalue weighted by Crippen LogP contribution is 2.61. The summed E-state index contributed by atoms with van der Waals surface area (Å²) in [7, 11) is 0. The van der Waals surface area contributed by atoms with Crippen LogP contribution in [0, 0.1) is 0 Å². The fraction of sp³-hybridized carbons (Fsp3) is 0.213. The van der Waals surface area contributed by atoms with Gasteiger partial charge in [-0.25, -0.2) is 0 Å². The molecule has 0 aromatic heterocycles. The van der Waals surface area contributed by atoms with Crippen molar-refractivity contribution >= 4 is 17.0 Å². The molecule has 308 valence electrons. The van der Waals surface area contributed by atoms with E-state index in [0.29, 0.717) is 5.92 Å². The monoisotopic (exact) mass is 814 g/mol. The van der Waals surface area contributed by atoms with E-state index in [0.717, 1.165) is 23.4 Å². The normalized spacial score (nSPS) is 21.3. The first kappa shape index (κ1) is 38.1. The highest BCUT2D eigenvalue weighted by atomic mass is 15.1. The Kier molecular flexibility index (Phi) is 9.08. The molecule has 1 saturated carbocycles. The molecular weight excluding hydrogens is 761 g/mol. The first-order chi connectivity index (χ1) is 31.0. The van der Waals surface area contributed by atoms with Gasteiger partial charge in [0.2, 0.25) is 0 Å². The number of rotatable bonds is 6. The van der Waals surface area contributed by atoms with Crippen LogP contribution in [0.5, 0.6) is 0 Å². The zero-order chi connectivity index (χ0) is 42.1. The summed E-state index contributed by atoms with van der Waals surface area (Å²) in [6, 6.07) is 65.8. The summed E-state index contributed by atoms with van der Waals surface area (Å²) in [6.45, 7) is 4.91. The molecule has 5 aliphatic rings. The lowest BCUT2D eigenvalue weighted by atomic mass is 9.67. The molecular formula is C61H54N2. The highest BCUT2D eigenvalue weighted by molar-refractivity contribution is 5.93. The van der Waals surface area contributed by atoms with Crippen LogP contribution in [0.15, 0.2) is 194 Å². The van der Waals surface area contributed by atoms with Crippen molar-refractivity contribution in [2.24, 2.45) is 0 Å². The summed E-state index contributed by atoms with van der Waals surface area (Å²) < 4.78 is 0. The summed E-state index contributed by atoms with van der Waals surface area (Å²) in [6.07, 6.45) is 12.4. The van der Waals surface area contributed by atoms with Crippen molar-refractivity contribution in [1.29, 1.82) is 0 Å². The summed E-state index contributed by atoms with van der Waals surface area (Å²) >= 11 is 0. The number of fused-ring (bicyclic) bond motifs is 7. The molecule has 1 spiro atoms. The fourth-order valence-electron chi connectivity index (χ4n) is 12.3. The quantitative estimate of drug-likeness (QED) is 0.175. The Morgan fingerprint density at radius 2 is 0.968 bits per heavy atom. The first-order valence-corrected chi connectivity index (χ1v) is 23.3. The van der Waals surface area contributed by atoms with Crippen LogP contribution in [0.2, 0.25) is 0 Å². The number of hydrogen-bond donors (Lipinski definition) is 2. The van der Waals surface area contributed by atoms with Crippen LogP contribution in [-0.4, -0.2) is 0 Å². The van der Waals surface area contributed by atoms with Crippen molar-refractivity contribution in [3.05, 3.63) is 244 Å². The van der Waals surface area contributed by atoms with Crippen LogP contribution >= 0.6 is 0 Å². The minimum absolute atomic E-state index is 0.0385. The molecule has 7 aromatic carbocycles. The third-order valence-corrected chi connectivity index (χ3v) is 15.4. The maximum atomic E-state index is 4.06. The largest absolute Gasteiger partial charge is 0.374 e. The zero-order valence-electron chi connectivity index (χ0n) is 36.4. The molecule has 2 N–H and O–H groups in total. The van der Waals surface area contributed by atoms with Gasteiger partial charge in [-0.05, 0) is 115 Å². The Balaban J connectivity index is 0.876. The first-order valence-electron chi connectivity index (χ1n) is 23.3. The Bertz CT molecular complexity index is 2950. The van der Waals surface area contributed by atoms with E-state index in [4.69, 9.17) is 0 Å². The van der Waals surface area contributed by atoms with E-state index in [9.17, 15) is 0 Å². The molecule has 1 heterocycles. The molecule has 1 fully saturated rings. The van der Waals surface area contributed by atoms with Crippen LogP contribution in [-0.2, 0) is 10.8 Å². The molecule has 3 atom stereocenters. The lowest BCUT2D eigenvalue weighted by molar-refractivity contribution is 0.352. The maximum Gasteiger partial charge on any atom is 0.0758 e. The van der Waals surface area contributed by atoms with Crippen molar-refractivity contribution in [3.8, 4) is 22.3 Å². The minimum atomic E-state index is -0.0457. The van der Waals surface area contributed by atoms with E-state index in [1.165, 1.54) is 93.3 Å². The summed E-state index contributed by atoms with van der Waals surface area (Å²) in [5, 5.41) is 8.09. The van der Waals surface area contributed by atoms with E-state index in [1.807, 2.05) is 0 Å². The molecule has 3 unspecified atom stereocenters. The number of nitrogens with one attached hydrogen (secondary N) is 2. The number of benzene rings is 7. The molecule has 1 aliphatic heterocycles. The van der Waals surface area contributed by atoms with Gasteiger partial charge >= 0.3 is 0 Å². The topological polar surface area (TPSA) is 24.1 Å². The van der Waals surface area contributed by atoms with Gasteiger partial charge in [0.15, 0.2) is 0 Å². The predicted molar refractivity (Wildman–Crippen MR) is 262 cm³/mol. The molecule has 0 bridgehead atoms. The standard InChI is InChI=1S/C61H54N2/c1-60(2)52-27-17-25-47(55(52)50-39-54-49(38-53(50)60)48-24-13-14-26-51(48)61(54)36-15-6-16-37-61)42-32-28-40(29-33-42)41-30-34-46(35-31-41)59-58(45-22-11-5-12-23-45)62-56(43-18-7-3-8-19-43)57(63-59)44-20-9-4-10-21-44/h3-5,7-14,17-24,26-35,38-39,47,56-57,62-63H,6,15-16,25,36-37H2,1-2H3. The Morgan fingerprint density at radius 3 is 1.60 bits per heavy atom. The van der Waals surface area contributed by atoms with Gasteiger partial charge in [-0.3, -0.25) is 0 Å². The molecule has 0 amide bonds. The van der Waals surface area contributed by atoms with Gasteiger partial charge < -0.3 is 10.6 Å². The van der Waals surface area contributed by atoms with E-state index in [-0.39, 0.29) is 22.9 Å². The maximum absolute atomic E-state index is 4.06. The molecule has 63 heavy (non-hydrogen) atoms. The third-order valence-electron chi connectivity index (χ3n) is 15.4. The second-order valence-electron chi connectivity index (χ2n) is 19.2. The molecule has 2 heteroatoms. The lowest BCUT2D eigenvalue weighted by Crippen LogP contribution is -2.40. The SMILES string of the molecule is CC1(C)C2=C(c3cc4c(cc31)-c1ccccc1C41CCCCC1)C(c1ccc(-c3ccc(C4=C(c5ccccc5)NC(c5ccccc5)C(c5ccccc5)N4)cc3)cc1)CC=C2. The average molecular weight is 815 g/mol. The fourth-order valence-corrected chi connectivity index (χ4v) is 12.3. The third kappa shape index (κ3) is 6.13. The smallest absolute Gasteiger partial charge is 0.0758 e. The van der Waals surface area contributed by atoms with Crippen LogP contribution in [0.25, 0.3) is 39.2 Å². The van der Waals surface area contributed by atoms with Gasteiger partial charge in [-0.15, -0.1) is 0 Å². The summed E-state index contributed by atoms with van der Waals surface area (Å²) in [5.74, 6) is 0.330. The molecule has 4 aliphatic carbocycles. The van der Waals surface area contributed by atoms with Gasteiger partial charge in [0, 0.05) is 16.7 Å². The average Bonchev–Trinajstić information content (AvgIpc) is 3.74. The van der Waals surface area contributed by atoms with Crippen molar-refractivity contribution in [1.82, 2.24) is 10.6 Å². The molecule has 12 rings (SSSR count). The van der Waals surface area contributed by atoms with Crippen molar-refractivity contribution < 1.29 is 0 Å². The summed E-state index contributed by atoms with van der Waals surface area (Å²) in [4.78, 5) is 0. The van der Waals surface area contributed by atoms with Crippen LogP contribution in [0.3, 0.4) is 0 Å². The molecule has 0 radical (unpaired) electrons. The van der Waals surface area contributed by atoms with Crippen LogP contribution < -0.4 is 10.6 Å². The predicted octanol–water partition coefficient (Wildman–Crippen LogP) is 14.9. The van der Waals surface area contributed by atoms with Crippen molar-refractivity contribution in [2.75, 3.05) is 0 Å². The highest BCUT2D eigenvalue weighted by Gasteiger charge is 2.47. The zero-order valence-corrected chi connectivity index (χ0v) is 36.4. The van der Waals surface area contributed by atoms with E-state index in [2.05, 4.69) is 213 Å². The molecule has 7 aromatic rings. The van der Waals surface area contributed by atoms with Gasteiger partial charge in [0.05, 0.1) is 23.5 Å². The van der Waals surface area contributed by atoms with Gasteiger partial charge in [0.1, 0.15) is 0 Å².